The summed E-state index contributed by atoms with van der Waals surface area (Å²) in [6.45, 7) is 2.04. The third kappa shape index (κ3) is 3.65. The van der Waals surface area contributed by atoms with Crippen LogP contribution < -0.4 is 10.5 Å². The van der Waals surface area contributed by atoms with E-state index < -0.39 is 10.0 Å². The SMILES string of the molecule is CCCc1ccccc1NS(=O)(=O)c1cnc(N)c(Cl)c1. The highest BCUT2D eigenvalue weighted by Gasteiger charge is 2.17. The minimum atomic E-state index is -3.75. The van der Waals surface area contributed by atoms with Crippen LogP contribution in [0.5, 0.6) is 0 Å². The van der Waals surface area contributed by atoms with Gasteiger partial charge < -0.3 is 5.73 Å². The number of benzene rings is 1. The summed E-state index contributed by atoms with van der Waals surface area (Å²) in [7, 11) is -3.75. The van der Waals surface area contributed by atoms with Crippen LogP contribution in [0.15, 0.2) is 41.4 Å². The average molecular weight is 326 g/mol. The number of aryl methyl sites for hydroxylation is 1. The van der Waals surface area contributed by atoms with Gasteiger partial charge in [-0.2, -0.15) is 0 Å². The second kappa shape index (κ2) is 6.32. The molecule has 2 aromatic rings. The first-order valence-electron chi connectivity index (χ1n) is 6.46. The van der Waals surface area contributed by atoms with Crippen LogP contribution in [-0.2, 0) is 16.4 Å². The van der Waals surface area contributed by atoms with Gasteiger partial charge in [-0.05, 0) is 24.1 Å². The van der Waals surface area contributed by atoms with Gasteiger partial charge in [-0.1, -0.05) is 43.1 Å². The van der Waals surface area contributed by atoms with Gasteiger partial charge in [0.05, 0.1) is 10.7 Å². The Kier molecular flexibility index (Phi) is 4.69. The first kappa shape index (κ1) is 15.6. The van der Waals surface area contributed by atoms with E-state index in [-0.39, 0.29) is 15.7 Å². The topological polar surface area (TPSA) is 85.1 Å². The Balaban J connectivity index is 2.35. The molecular formula is C14H16ClN3O2S. The van der Waals surface area contributed by atoms with Gasteiger partial charge >= 0.3 is 0 Å². The molecule has 3 N–H and O–H groups in total. The third-order valence-electron chi connectivity index (χ3n) is 2.94. The number of aromatic nitrogens is 1. The highest BCUT2D eigenvalue weighted by Crippen LogP contribution is 2.24. The highest BCUT2D eigenvalue weighted by atomic mass is 35.5. The molecule has 7 heteroatoms. The molecule has 1 aromatic heterocycles. The molecule has 0 aliphatic carbocycles. The summed E-state index contributed by atoms with van der Waals surface area (Å²) in [6, 6.07) is 8.58. The van der Waals surface area contributed by atoms with Crippen LogP contribution in [0.4, 0.5) is 11.5 Å². The van der Waals surface area contributed by atoms with Gasteiger partial charge in [0, 0.05) is 6.20 Å². The van der Waals surface area contributed by atoms with E-state index in [1.165, 1.54) is 12.3 Å². The Morgan fingerprint density at radius 2 is 2.05 bits per heavy atom. The first-order valence-corrected chi connectivity index (χ1v) is 8.32. The largest absolute Gasteiger partial charge is 0.382 e. The minimum absolute atomic E-state index is 0.0204. The van der Waals surface area contributed by atoms with Crippen molar-refractivity contribution in [1.29, 1.82) is 0 Å². The van der Waals surface area contributed by atoms with Crippen molar-refractivity contribution in [3.8, 4) is 0 Å². The van der Waals surface area contributed by atoms with E-state index in [1.54, 1.807) is 12.1 Å². The lowest BCUT2D eigenvalue weighted by molar-refractivity contribution is 0.601. The van der Waals surface area contributed by atoms with Crippen molar-refractivity contribution in [2.45, 2.75) is 24.7 Å². The zero-order chi connectivity index (χ0) is 15.5. The Bertz CT molecular complexity index is 748. The maximum atomic E-state index is 12.4. The summed E-state index contributed by atoms with van der Waals surface area (Å²) in [5, 5.41) is 0.111. The second-order valence-electron chi connectivity index (χ2n) is 4.55. The number of nitrogens with zero attached hydrogens (tertiary/aromatic N) is 1. The molecule has 0 spiro atoms. The van der Waals surface area contributed by atoms with Gasteiger partial charge in [-0.25, -0.2) is 13.4 Å². The number of pyridine rings is 1. The molecule has 0 fully saturated rings. The standard InChI is InChI=1S/C14H16ClN3O2S/c1-2-5-10-6-3-4-7-13(10)18-21(19,20)11-8-12(15)14(16)17-9-11/h3-4,6-9,18H,2,5H2,1H3,(H2,16,17). The van der Waals surface area contributed by atoms with Gasteiger partial charge in [0.25, 0.3) is 10.0 Å². The molecule has 5 nitrogen and oxygen atoms in total. The van der Waals surface area contributed by atoms with Crippen molar-refractivity contribution in [3.63, 3.8) is 0 Å². The lowest BCUT2D eigenvalue weighted by Gasteiger charge is -2.12. The minimum Gasteiger partial charge on any atom is -0.382 e. The molecule has 0 aliphatic heterocycles. The van der Waals surface area contributed by atoms with Crippen molar-refractivity contribution < 1.29 is 8.42 Å². The Labute approximate surface area is 129 Å². The summed E-state index contributed by atoms with van der Waals surface area (Å²) in [6.07, 6.45) is 2.90. The molecular weight excluding hydrogens is 310 g/mol. The molecule has 0 saturated carbocycles. The fraction of sp³-hybridized carbons (Fsp3) is 0.214. The molecule has 112 valence electrons. The van der Waals surface area contributed by atoms with Gasteiger partial charge in [0.2, 0.25) is 0 Å². The van der Waals surface area contributed by atoms with E-state index in [4.69, 9.17) is 17.3 Å². The molecule has 0 bridgehead atoms. The Hall–Kier alpha value is -1.79. The number of anilines is 2. The summed E-state index contributed by atoms with van der Waals surface area (Å²) in [5.41, 5.74) is 6.99. The van der Waals surface area contributed by atoms with E-state index in [0.29, 0.717) is 5.69 Å². The molecule has 0 amide bonds. The van der Waals surface area contributed by atoms with Crippen molar-refractivity contribution in [1.82, 2.24) is 4.98 Å². The Morgan fingerprint density at radius 3 is 2.71 bits per heavy atom. The lowest BCUT2D eigenvalue weighted by atomic mass is 10.1. The summed E-state index contributed by atoms with van der Waals surface area (Å²) >= 11 is 5.82. The fourth-order valence-electron chi connectivity index (χ4n) is 1.89. The van der Waals surface area contributed by atoms with Crippen LogP contribution in [0.2, 0.25) is 5.02 Å². The molecule has 0 saturated heterocycles. The van der Waals surface area contributed by atoms with E-state index in [9.17, 15) is 8.42 Å². The van der Waals surface area contributed by atoms with Crippen molar-refractivity contribution >= 4 is 33.1 Å². The number of halogens is 1. The first-order chi connectivity index (χ1) is 9.94. The van der Waals surface area contributed by atoms with Crippen LogP contribution in [0.3, 0.4) is 0 Å². The summed E-state index contributed by atoms with van der Waals surface area (Å²) in [5.74, 6) is 0.0991. The van der Waals surface area contributed by atoms with Crippen LogP contribution in [0.1, 0.15) is 18.9 Å². The number of para-hydroxylation sites is 1. The molecule has 0 aliphatic rings. The molecule has 1 aromatic carbocycles. The van der Waals surface area contributed by atoms with Gasteiger partial charge in [0.1, 0.15) is 10.7 Å². The molecule has 0 unspecified atom stereocenters. The van der Waals surface area contributed by atoms with Gasteiger partial charge in [0.15, 0.2) is 0 Å². The Morgan fingerprint density at radius 1 is 1.33 bits per heavy atom. The average Bonchev–Trinajstić information content (AvgIpc) is 2.44. The zero-order valence-corrected chi connectivity index (χ0v) is 13.1. The maximum absolute atomic E-state index is 12.4. The molecule has 21 heavy (non-hydrogen) atoms. The maximum Gasteiger partial charge on any atom is 0.263 e. The number of hydrogen-bond acceptors (Lipinski definition) is 4. The highest BCUT2D eigenvalue weighted by molar-refractivity contribution is 7.92. The number of rotatable bonds is 5. The molecule has 0 radical (unpaired) electrons. The van der Waals surface area contributed by atoms with Crippen molar-refractivity contribution in [3.05, 3.63) is 47.1 Å². The normalized spacial score (nSPS) is 11.3. The number of sulfonamides is 1. The summed E-state index contributed by atoms with van der Waals surface area (Å²) in [4.78, 5) is 3.75. The predicted octanol–water partition coefficient (Wildman–Crippen LogP) is 3.07. The fourth-order valence-corrected chi connectivity index (χ4v) is 3.19. The smallest absolute Gasteiger partial charge is 0.263 e. The third-order valence-corrected chi connectivity index (χ3v) is 4.57. The number of hydrogen-bond donors (Lipinski definition) is 2. The van der Waals surface area contributed by atoms with Crippen LogP contribution in [-0.4, -0.2) is 13.4 Å². The van der Waals surface area contributed by atoms with Crippen molar-refractivity contribution in [2.24, 2.45) is 0 Å². The number of nitrogens with two attached hydrogens (primary N) is 1. The molecule has 1 heterocycles. The molecule has 2 rings (SSSR count). The zero-order valence-electron chi connectivity index (χ0n) is 11.5. The van der Waals surface area contributed by atoms with Crippen LogP contribution in [0.25, 0.3) is 0 Å². The number of nitrogen functional groups attached to an aromatic ring is 1. The van der Waals surface area contributed by atoms with E-state index in [1.807, 2.05) is 19.1 Å². The lowest BCUT2D eigenvalue weighted by Crippen LogP contribution is -2.15. The van der Waals surface area contributed by atoms with E-state index in [2.05, 4.69) is 9.71 Å². The van der Waals surface area contributed by atoms with Crippen molar-refractivity contribution in [2.75, 3.05) is 10.5 Å². The number of nitrogens with one attached hydrogen (secondary N) is 1. The van der Waals surface area contributed by atoms with E-state index >= 15 is 0 Å². The monoisotopic (exact) mass is 325 g/mol. The molecule has 0 atom stereocenters. The second-order valence-corrected chi connectivity index (χ2v) is 6.64. The quantitative estimate of drug-likeness (QED) is 0.884. The van der Waals surface area contributed by atoms with Gasteiger partial charge in [-0.15, -0.1) is 0 Å². The van der Waals surface area contributed by atoms with Gasteiger partial charge in [-0.3, -0.25) is 4.72 Å². The summed E-state index contributed by atoms with van der Waals surface area (Å²) < 4.78 is 27.3. The van der Waals surface area contributed by atoms with E-state index in [0.717, 1.165) is 18.4 Å². The van der Waals surface area contributed by atoms with Crippen LogP contribution in [0, 0.1) is 0 Å². The van der Waals surface area contributed by atoms with Crippen LogP contribution >= 0.6 is 11.6 Å². The predicted molar refractivity (Wildman–Crippen MR) is 84.9 cm³/mol.